The second-order valence-electron chi connectivity index (χ2n) is 4.20. The number of ketones is 1. The van der Waals surface area contributed by atoms with E-state index in [1.807, 2.05) is 6.92 Å². The summed E-state index contributed by atoms with van der Waals surface area (Å²) in [6, 6.07) is 4.84. The molecule has 0 amide bonds. The average Bonchev–Trinajstić information content (AvgIpc) is 2.29. The number of hydrogen-bond donors (Lipinski definition) is 0. The summed E-state index contributed by atoms with van der Waals surface area (Å²) in [6.07, 6.45) is 3.14. The number of carbonyl (C=O) groups excluding carboxylic acids is 1. The molecule has 16 heavy (non-hydrogen) atoms. The van der Waals surface area contributed by atoms with E-state index in [2.05, 4.69) is 0 Å². The van der Waals surface area contributed by atoms with Gasteiger partial charge in [0.15, 0.2) is 5.78 Å². The Labute approximate surface area is 99.4 Å². The van der Waals surface area contributed by atoms with Crippen LogP contribution in [0.2, 0.25) is 0 Å². The molecule has 2 rings (SSSR count). The van der Waals surface area contributed by atoms with Crippen molar-refractivity contribution < 1.29 is 9.18 Å². The zero-order valence-electron chi connectivity index (χ0n) is 9.33. The highest BCUT2D eigenvalue weighted by Gasteiger charge is 2.24. The Morgan fingerprint density at radius 1 is 1.44 bits per heavy atom. The number of halogens is 1. The van der Waals surface area contributed by atoms with E-state index >= 15 is 0 Å². The maximum atomic E-state index is 13.6. The summed E-state index contributed by atoms with van der Waals surface area (Å²) >= 11 is 1.66. The quantitative estimate of drug-likeness (QED) is 0.732. The summed E-state index contributed by atoms with van der Waals surface area (Å²) in [4.78, 5) is 12.1. The van der Waals surface area contributed by atoms with Gasteiger partial charge in [0.2, 0.25) is 0 Å². The molecule has 1 aromatic rings. The van der Waals surface area contributed by atoms with Gasteiger partial charge in [-0.15, -0.1) is 0 Å². The van der Waals surface area contributed by atoms with Gasteiger partial charge in [-0.2, -0.15) is 11.8 Å². The number of hydrogen-bond acceptors (Lipinski definition) is 2. The third-order valence-electron chi connectivity index (χ3n) is 2.86. The van der Waals surface area contributed by atoms with Crippen LogP contribution in [-0.4, -0.2) is 16.8 Å². The zero-order chi connectivity index (χ0) is 11.5. The lowest BCUT2D eigenvalue weighted by molar-refractivity contribution is 0.0981. The average molecular weight is 238 g/mol. The molecule has 0 aromatic heterocycles. The van der Waals surface area contributed by atoms with Crippen molar-refractivity contribution in [3.05, 3.63) is 35.1 Å². The third-order valence-corrected chi connectivity index (χ3v) is 4.24. The van der Waals surface area contributed by atoms with Crippen molar-refractivity contribution in [2.75, 3.05) is 5.75 Å². The fourth-order valence-corrected chi connectivity index (χ4v) is 3.21. The van der Waals surface area contributed by atoms with Crippen molar-refractivity contribution in [2.45, 2.75) is 31.4 Å². The highest BCUT2D eigenvalue weighted by molar-refractivity contribution is 8.00. The minimum Gasteiger partial charge on any atom is -0.293 e. The van der Waals surface area contributed by atoms with Gasteiger partial charge in [0.1, 0.15) is 5.82 Å². The third kappa shape index (κ3) is 2.46. The Kier molecular flexibility index (Phi) is 3.64. The van der Waals surface area contributed by atoms with Crippen molar-refractivity contribution >= 4 is 17.5 Å². The molecule has 1 nitrogen and oxygen atoms in total. The molecule has 0 radical (unpaired) electrons. The first kappa shape index (κ1) is 11.6. The molecular weight excluding hydrogens is 223 g/mol. The van der Waals surface area contributed by atoms with Crippen LogP contribution in [-0.2, 0) is 0 Å². The topological polar surface area (TPSA) is 17.1 Å². The molecule has 0 N–H and O–H groups in total. The van der Waals surface area contributed by atoms with E-state index in [-0.39, 0.29) is 22.4 Å². The van der Waals surface area contributed by atoms with E-state index in [1.54, 1.807) is 23.9 Å². The van der Waals surface area contributed by atoms with Gasteiger partial charge in [-0.05, 0) is 43.2 Å². The second-order valence-corrected chi connectivity index (χ2v) is 5.51. The van der Waals surface area contributed by atoms with E-state index in [0.29, 0.717) is 0 Å². The molecule has 3 heteroatoms. The van der Waals surface area contributed by atoms with E-state index in [4.69, 9.17) is 0 Å². The summed E-state index contributed by atoms with van der Waals surface area (Å²) in [7, 11) is 0. The van der Waals surface area contributed by atoms with E-state index < -0.39 is 0 Å². The van der Waals surface area contributed by atoms with Crippen LogP contribution in [0.4, 0.5) is 4.39 Å². The first-order valence-corrected chi connectivity index (χ1v) is 6.65. The van der Waals surface area contributed by atoms with Gasteiger partial charge >= 0.3 is 0 Å². The molecule has 0 bridgehead atoms. The molecular formula is C13H15FOS. The Morgan fingerprint density at radius 3 is 2.88 bits per heavy atom. The first-order valence-electron chi connectivity index (χ1n) is 5.60. The van der Waals surface area contributed by atoms with Gasteiger partial charge in [0.05, 0.1) is 10.8 Å². The molecule has 0 aliphatic carbocycles. The summed E-state index contributed by atoms with van der Waals surface area (Å²) in [5, 5.41) is -0.0362. The lowest BCUT2D eigenvalue weighted by atomic mass is 10.0. The van der Waals surface area contributed by atoms with Gasteiger partial charge in [-0.1, -0.05) is 12.5 Å². The van der Waals surface area contributed by atoms with Crippen molar-refractivity contribution in [1.29, 1.82) is 0 Å². The Hall–Kier alpha value is -0.830. The number of rotatable bonds is 2. The summed E-state index contributed by atoms with van der Waals surface area (Å²) in [5.41, 5.74) is 1.11. The van der Waals surface area contributed by atoms with E-state index in [1.165, 1.54) is 12.5 Å². The highest BCUT2D eigenvalue weighted by Crippen LogP contribution is 2.28. The summed E-state index contributed by atoms with van der Waals surface area (Å²) < 4.78 is 13.6. The Balaban J connectivity index is 2.19. The fourth-order valence-electron chi connectivity index (χ4n) is 1.94. The highest BCUT2D eigenvalue weighted by atomic mass is 32.2. The van der Waals surface area contributed by atoms with Gasteiger partial charge in [0, 0.05) is 0 Å². The number of benzene rings is 1. The monoisotopic (exact) mass is 238 g/mol. The molecule has 0 saturated carbocycles. The number of thioether (sulfide) groups is 1. The van der Waals surface area contributed by atoms with Gasteiger partial charge < -0.3 is 0 Å². The van der Waals surface area contributed by atoms with Crippen LogP contribution in [0.25, 0.3) is 0 Å². The number of carbonyl (C=O) groups is 1. The summed E-state index contributed by atoms with van der Waals surface area (Å²) in [5.74, 6) is 0.600. The van der Waals surface area contributed by atoms with Crippen LogP contribution in [0, 0.1) is 12.7 Å². The predicted molar refractivity (Wildman–Crippen MR) is 65.6 cm³/mol. The van der Waals surface area contributed by atoms with Crippen LogP contribution in [0.3, 0.4) is 0 Å². The normalized spacial score (nSPS) is 20.8. The number of aryl methyl sites for hydroxylation is 1. The van der Waals surface area contributed by atoms with Crippen molar-refractivity contribution in [3.63, 3.8) is 0 Å². The lowest BCUT2D eigenvalue weighted by Gasteiger charge is -2.20. The Morgan fingerprint density at radius 2 is 2.25 bits per heavy atom. The summed E-state index contributed by atoms with van der Waals surface area (Å²) in [6.45, 7) is 1.83. The molecule has 1 unspecified atom stereocenters. The minimum atomic E-state index is -0.379. The van der Waals surface area contributed by atoms with Crippen LogP contribution in [0.15, 0.2) is 18.2 Å². The van der Waals surface area contributed by atoms with Gasteiger partial charge in [-0.25, -0.2) is 4.39 Å². The van der Waals surface area contributed by atoms with Crippen LogP contribution >= 0.6 is 11.8 Å². The fraction of sp³-hybridized carbons (Fsp3) is 0.462. The van der Waals surface area contributed by atoms with Crippen LogP contribution in [0.5, 0.6) is 0 Å². The largest absolute Gasteiger partial charge is 0.293 e. The van der Waals surface area contributed by atoms with E-state index in [0.717, 1.165) is 24.2 Å². The van der Waals surface area contributed by atoms with Crippen molar-refractivity contribution in [2.24, 2.45) is 0 Å². The molecule has 86 valence electrons. The molecule has 1 atom stereocenters. The standard InChI is InChI=1S/C13H15FOS/c1-9-5-6-10(11(14)8-9)13(15)12-4-2-3-7-16-12/h5-6,8,12H,2-4,7H2,1H3. The molecule has 1 heterocycles. The minimum absolute atomic E-state index is 0.0362. The van der Waals surface area contributed by atoms with Crippen LogP contribution < -0.4 is 0 Å². The van der Waals surface area contributed by atoms with Gasteiger partial charge in [0.25, 0.3) is 0 Å². The van der Waals surface area contributed by atoms with Crippen molar-refractivity contribution in [3.8, 4) is 0 Å². The smallest absolute Gasteiger partial charge is 0.178 e. The maximum absolute atomic E-state index is 13.6. The number of Topliss-reactive ketones (excluding diaryl/α,β-unsaturated/α-hetero) is 1. The van der Waals surface area contributed by atoms with Crippen molar-refractivity contribution in [1.82, 2.24) is 0 Å². The molecule has 0 spiro atoms. The first-order chi connectivity index (χ1) is 7.68. The van der Waals surface area contributed by atoms with Gasteiger partial charge in [-0.3, -0.25) is 4.79 Å². The zero-order valence-corrected chi connectivity index (χ0v) is 10.1. The SMILES string of the molecule is Cc1ccc(C(=O)C2CCCCS2)c(F)c1. The Bertz CT molecular complexity index is 397. The maximum Gasteiger partial charge on any atom is 0.178 e. The predicted octanol–water partition coefficient (Wildman–Crippen LogP) is 3.60. The molecule has 1 fully saturated rings. The van der Waals surface area contributed by atoms with E-state index in [9.17, 15) is 9.18 Å². The lowest BCUT2D eigenvalue weighted by Crippen LogP contribution is -2.22. The molecule has 1 aromatic carbocycles. The van der Waals surface area contributed by atoms with Crippen LogP contribution in [0.1, 0.15) is 35.2 Å². The second kappa shape index (κ2) is 5.00. The molecule has 1 aliphatic heterocycles. The molecule has 1 aliphatic rings. The molecule has 1 saturated heterocycles.